The minimum absolute atomic E-state index is 0.398. The van der Waals surface area contributed by atoms with Crippen LogP contribution >= 0.6 is 31.9 Å². The molecule has 0 saturated carbocycles. The molecule has 1 heterocycles. The maximum atomic E-state index is 12.0. The number of nitrogens with one attached hydrogen (secondary N) is 2. The Balaban J connectivity index is 1.64. The SMILES string of the molecule is Cc1cc(NC(=O)N/N=C/c2cccn2-c2ccc(Br)cc2)ccc1Br. The lowest BCUT2D eigenvalue weighted by atomic mass is 10.2. The first-order valence-corrected chi connectivity index (χ1v) is 9.41. The molecule has 0 aliphatic heterocycles. The standard InChI is InChI=1S/C19H16Br2N4O/c1-13-11-15(6-9-18(13)21)23-19(26)24-22-12-17-3-2-10-25(17)16-7-4-14(20)5-8-16/h2-12H,1H3,(H2,23,24,26)/b22-12+. The van der Waals surface area contributed by atoms with Gasteiger partial charge in [0.05, 0.1) is 11.9 Å². The zero-order valence-electron chi connectivity index (χ0n) is 13.9. The number of carbonyl (C=O) groups excluding carboxylic acids is 1. The molecule has 2 aromatic carbocycles. The van der Waals surface area contributed by atoms with Gasteiger partial charge in [-0.3, -0.25) is 0 Å². The molecule has 0 saturated heterocycles. The first kappa shape index (κ1) is 18.4. The number of carbonyl (C=O) groups is 1. The maximum absolute atomic E-state index is 12.0. The van der Waals surface area contributed by atoms with Crippen molar-refractivity contribution in [2.24, 2.45) is 5.10 Å². The summed E-state index contributed by atoms with van der Waals surface area (Å²) in [6, 6.07) is 17.0. The van der Waals surface area contributed by atoms with Gasteiger partial charge in [0.25, 0.3) is 0 Å². The minimum Gasteiger partial charge on any atom is -0.316 e. The summed E-state index contributed by atoms with van der Waals surface area (Å²) in [5.41, 5.74) is 6.09. The molecule has 0 unspecified atom stereocenters. The van der Waals surface area contributed by atoms with Gasteiger partial charge in [0.2, 0.25) is 0 Å². The number of anilines is 1. The van der Waals surface area contributed by atoms with Gasteiger partial charge >= 0.3 is 6.03 Å². The van der Waals surface area contributed by atoms with Crippen molar-refractivity contribution in [3.8, 4) is 5.69 Å². The maximum Gasteiger partial charge on any atom is 0.339 e. The van der Waals surface area contributed by atoms with Gasteiger partial charge in [0, 0.05) is 26.5 Å². The molecule has 2 N–H and O–H groups in total. The van der Waals surface area contributed by atoms with Gasteiger partial charge in [0.1, 0.15) is 0 Å². The van der Waals surface area contributed by atoms with Crippen molar-refractivity contribution in [2.75, 3.05) is 5.32 Å². The quantitative estimate of drug-likeness (QED) is 0.381. The van der Waals surface area contributed by atoms with Crippen molar-refractivity contribution in [3.05, 3.63) is 81.0 Å². The predicted octanol–water partition coefficient (Wildman–Crippen LogP) is 5.47. The van der Waals surface area contributed by atoms with E-state index >= 15 is 0 Å². The lowest BCUT2D eigenvalue weighted by Gasteiger charge is -2.07. The second-order valence-corrected chi connectivity index (χ2v) is 7.34. The second-order valence-electron chi connectivity index (χ2n) is 5.57. The Morgan fingerprint density at radius 1 is 1.12 bits per heavy atom. The molecule has 0 aliphatic rings. The van der Waals surface area contributed by atoms with Crippen LogP contribution in [0.5, 0.6) is 0 Å². The molecule has 0 radical (unpaired) electrons. The lowest BCUT2D eigenvalue weighted by Crippen LogP contribution is -2.24. The monoisotopic (exact) mass is 474 g/mol. The highest BCUT2D eigenvalue weighted by Crippen LogP contribution is 2.20. The van der Waals surface area contributed by atoms with E-state index in [-0.39, 0.29) is 0 Å². The summed E-state index contributed by atoms with van der Waals surface area (Å²) in [5, 5.41) is 6.77. The van der Waals surface area contributed by atoms with Crippen LogP contribution in [0.25, 0.3) is 5.69 Å². The van der Waals surface area contributed by atoms with Crippen molar-refractivity contribution >= 4 is 49.8 Å². The zero-order chi connectivity index (χ0) is 18.5. The molecule has 0 aliphatic carbocycles. The Morgan fingerprint density at radius 2 is 1.88 bits per heavy atom. The van der Waals surface area contributed by atoms with E-state index in [2.05, 4.69) is 47.7 Å². The fraction of sp³-hybridized carbons (Fsp3) is 0.0526. The molecule has 7 heteroatoms. The smallest absolute Gasteiger partial charge is 0.316 e. The van der Waals surface area contributed by atoms with Crippen LogP contribution in [0.15, 0.2) is 74.8 Å². The molecule has 0 fully saturated rings. The number of hydrogen-bond donors (Lipinski definition) is 2. The normalized spacial score (nSPS) is 10.9. The lowest BCUT2D eigenvalue weighted by molar-refractivity contribution is 0.252. The second kappa shape index (κ2) is 8.33. The Labute approximate surface area is 168 Å². The van der Waals surface area contributed by atoms with Gasteiger partial charge in [-0.25, -0.2) is 10.2 Å². The number of aromatic nitrogens is 1. The van der Waals surface area contributed by atoms with E-state index in [0.29, 0.717) is 5.69 Å². The molecule has 2 amide bonds. The van der Waals surface area contributed by atoms with Crippen LogP contribution < -0.4 is 10.7 Å². The van der Waals surface area contributed by atoms with Gasteiger partial charge in [-0.15, -0.1) is 0 Å². The van der Waals surface area contributed by atoms with Crippen molar-refractivity contribution in [1.82, 2.24) is 9.99 Å². The highest BCUT2D eigenvalue weighted by molar-refractivity contribution is 9.10. The van der Waals surface area contributed by atoms with Crippen LogP contribution in [0.3, 0.4) is 0 Å². The van der Waals surface area contributed by atoms with Gasteiger partial charge < -0.3 is 9.88 Å². The molecule has 132 valence electrons. The third-order valence-corrected chi connectivity index (χ3v) is 5.08. The summed E-state index contributed by atoms with van der Waals surface area (Å²) in [6.07, 6.45) is 3.55. The number of urea groups is 1. The number of nitrogens with zero attached hydrogens (tertiary/aromatic N) is 2. The molecule has 3 aromatic rings. The predicted molar refractivity (Wildman–Crippen MR) is 112 cm³/mol. The highest BCUT2D eigenvalue weighted by atomic mass is 79.9. The van der Waals surface area contributed by atoms with Crippen molar-refractivity contribution < 1.29 is 4.79 Å². The number of halogens is 2. The van der Waals surface area contributed by atoms with Gasteiger partial charge in [-0.2, -0.15) is 5.10 Å². The Bertz CT molecular complexity index is 948. The summed E-state index contributed by atoms with van der Waals surface area (Å²) in [7, 11) is 0. The number of aryl methyl sites for hydroxylation is 1. The average Bonchev–Trinajstić information content (AvgIpc) is 3.07. The third kappa shape index (κ3) is 4.62. The van der Waals surface area contributed by atoms with Gasteiger partial charge in [-0.1, -0.05) is 31.9 Å². The molecule has 0 bridgehead atoms. The van der Waals surface area contributed by atoms with E-state index in [0.717, 1.165) is 25.9 Å². The van der Waals surface area contributed by atoms with Crippen LogP contribution in [0.4, 0.5) is 10.5 Å². The fourth-order valence-corrected chi connectivity index (χ4v) is 2.89. The van der Waals surface area contributed by atoms with Crippen LogP contribution in [0.2, 0.25) is 0 Å². The third-order valence-electron chi connectivity index (χ3n) is 3.66. The summed E-state index contributed by atoms with van der Waals surface area (Å²) in [4.78, 5) is 12.0. The average molecular weight is 476 g/mol. The Kier molecular flexibility index (Phi) is 5.90. The Hall–Kier alpha value is -2.38. The van der Waals surface area contributed by atoms with Crippen molar-refractivity contribution in [1.29, 1.82) is 0 Å². The van der Waals surface area contributed by atoms with E-state index in [4.69, 9.17) is 0 Å². The zero-order valence-corrected chi connectivity index (χ0v) is 17.1. The summed E-state index contributed by atoms with van der Waals surface area (Å²) in [6.45, 7) is 1.96. The van der Waals surface area contributed by atoms with Crippen LogP contribution in [0.1, 0.15) is 11.3 Å². The Morgan fingerprint density at radius 3 is 2.62 bits per heavy atom. The topological polar surface area (TPSA) is 58.4 Å². The number of amides is 2. The fourth-order valence-electron chi connectivity index (χ4n) is 2.37. The molecule has 1 aromatic heterocycles. The minimum atomic E-state index is -0.398. The molecule has 5 nitrogen and oxygen atoms in total. The number of rotatable bonds is 4. The molecular weight excluding hydrogens is 460 g/mol. The van der Waals surface area contributed by atoms with Crippen LogP contribution in [0, 0.1) is 6.92 Å². The van der Waals surface area contributed by atoms with E-state index in [1.807, 2.05) is 72.3 Å². The summed E-state index contributed by atoms with van der Waals surface area (Å²) < 4.78 is 3.99. The molecule has 0 atom stereocenters. The highest BCUT2D eigenvalue weighted by Gasteiger charge is 2.03. The van der Waals surface area contributed by atoms with E-state index in [1.54, 1.807) is 6.21 Å². The summed E-state index contributed by atoms with van der Waals surface area (Å²) >= 11 is 6.86. The first-order chi connectivity index (χ1) is 12.5. The van der Waals surface area contributed by atoms with Crippen molar-refractivity contribution in [2.45, 2.75) is 6.92 Å². The number of benzene rings is 2. The van der Waals surface area contributed by atoms with E-state index in [9.17, 15) is 4.79 Å². The summed E-state index contributed by atoms with van der Waals surface area (Å²) in [5.74, 6) is 0. The van der Waals surface area contributed by atoms with Crippen LogP contribution in [-0.4, -0.2) is 16.8 Å². The largest absolute Gasteiger partial charge is 0.339 e. The van der Waals surface area contributed by atoms with Gasteiger partial charge in [0.15, 0.2) is 0 Å². The number of hydrogen-bond acceptors (Lipinski definition) is 2. The molecule has 0 spiro atoms. The van der Waals surface area contributed by atoms with Crippen LogP contribution in [-0.2, 0) is 0 Å². The molecule has 26 heavy (non-hydrogen) atoms. The molecule has 3 rings (SSSR count). The van der Waals surface area contributed by atoms with E-state index < -0.39 is 6.03 Å². The van der Waals surface area contributed by atoms with Gasteiger partial charge in [-0.05, 0) is 67.1 Å². The van der Waals surface area contributed by atoms with E-state index in [1.165, 1.54) is 0 Å². The number of hydrazone groups is 1. The molecular formula is C19H16Br2N4O. The van der Waals surface area contributed by atoms with Crippen molar-refractivity contribution in [3.63, 3.8) is 0 Å². The first-order valence-electron chi connectivity index (χ1n) is 7.82.